The van der Waals surface area contributed by atoms with Crippen LogP contribution in [0.15, 0.2) is 22.8 Å². The molecule has 0 fully saturated rings. The van der Waals surface area contributed by atoms with Crippen LogP contribution in [0.1, 0.15) is 0 Å². The highest BCUT2D eigenvalue weighted by Gasteiger charge is 2.08. The van der Waals surface area contributed by atoms with E-state index in [-0.39, 0.29) is 5.82 Å². The third-order valence-electron chi connectivity index (χ3n) is 1.72. The molecule has 0 aliphatic heterocycles. The number of nitrogens with zero attached hydrogens (tertiary/aromatic N) is 2. The Hall–Kier alpha value is -1.10. The molecular weight excluding hydrogens is 239 g/mol. The first-order chi connectivity index (χ1) is 6.22. The summed E-state index contributed by atoms with van der Waals surface area (Å²) in [6.07, 6.45) is 1.66. The topological polar surface area (TPSA) is 26.5 Å². The van der Waals surface area contributed by atoms with Gasteiger partial charge in [0.15, 0.2) is 5.82 Å². The first-order valence-corrected chi connectivity index (χ1v) is 4.39. The average Bonchev–Trinajstić information content (AvgIpc) is 2.55. The molecule has 0 saturated heterocycles. The van der Waals surface area contributed by atoms with E-state index in [0.717, 1.165) is 0 Å². The minimum atomic E-state index is -0.335. The Balaban J connectivity index is 2.76. The number of halogens is 2. The van der Waals surface area contributed by atoms with Crippen molar-refractivity contribution in [2.24, 2.45) is 0 Å². The Morgan fingerprint density at radius 3 is 3.08 bits per heavy atom. The molecule has 0 aromatic carbocycles. The van der Waals surface area contributed by atoms with E-state index in [1.807, 2.05) is 0 Å². The van der Waals surface area contributed by atoms with Gasteiger partial charge in [0.25, 0.3) is 0 Å². The zero-order valence-corrected chi connectivity index (χ0v) is 8.38. The molecule has 0 bridgehead atoms. The van der Waals surface area contributed by atoms with Crippen molar-refractivity contribution in [3.05, 3.63) is 28.6 Å². The number of hydrogen-bond acceptors (Lipinski definition) is 2. The summed E-state index contributed by atoms with van der Waals surface area (Å²) in [6.45, 7) is 0. The van der Waals surface area contributed by atoms with Gasteiger partial charge < -0.3 is 4.74 Å². The van der Waals surface area contributed by atoms with E-state index >= 15 is 0 Å². The molecule has 68 valence electrons. The smallest absolute Gasteiger partial charge is 0.233 e. The number of rotatable bonds is 1. The molecule has 0 N–H and O–H groups in total. The molecule has 2 heterocycles. The SMILES string of the molecule is COc1cc2c(F)c(Br)ccn2n1. The molecule has 0 aliphatic carbocycles. The van der Waals surface area contributed by atoms with Crippen molar-refractivity contribution in [2.75, 3.05) is 7.11 Å². The number of ether oxygens (including phenoxy) is 1. The minimum absolute atomic E-state index is 0.335. The van der Waals surface area contributed by atoms with Crippen molar-refractivity contribution >= 4 is 21.4 Å². The van der Waals surface area contributed by atoms with Crippen molar-refractivity contribution < 1.29 is 9.13 Å². The van der Waals surface area contributed by atoms with Crippen LogP contribution in [0.4, 0.5) is 4.39 Å². The monoisotopic (exact) mass is 244 g/mol. The lowest BCUT2D eigenvalue weighted by molar-refractivity contribution is 0.395. The van der Waals surface area contributed by atoms with Crippen molar-refractivity contribution in [3.8, 4) is 5.88 Å². The molecule has 2 aromatic heterocycles. The summed E-state index contributed by atoms with van der Waals surface area (Å²) in [5, 5.41) is 3.97. The summed E-state index contributed by atoms with van der Waals surface area (Å²) in [5.74, 6) is 0.0651. The predicted octanol–water partition coefficient (Wildman–Crippen LogP) is 2.24. The second kappa shape index (κ2) is 2.99. The zero-order chi connectivity index (χ0) is 9.42. The van der Waals surface area contributed by atoms with Gasteiger partial charge in [0.05, 0.1) is 11.6 Å². The van der Waals surface area contributed by atoms with Crippen LogP contribution < -0.4 is 4.74 Å². The van der Waals surface area contributed by atoms with Gasteiger partial charge in [-0.05, 0) is 22.0 Å². The van der Waals surface area contributed by atoms with Gasteiger partial charge in [0.2, 0.25) is 5.88 Å². The molecule has 0 atom stereocenters. The zero-order valence-electron chi connectivity index (χ0n) is 6.79. The first-order valence-electron chi connectivity index (χ1n) is 3.60. The first kappa shape index (κ1) is 8.50. The van der Waals surface area contributed by atoms with Gasteiger partial charge in [-0.25, -0.2) is 8.91 Å². The third-order valence-corrected chi connectivity index (χ3v) is 2.33. The normalized spacial score (nSPS) is 10.7. The lowest BCUT2D eigenvalue weighted by Crippen LogP contribution is -1.90. The highest BCUT2D eigenvalue weighted by atomic mass is 79.9. The number of hydrogen-bond donors (Lipinski definition) is 0. The molecule has 3 nitrogen and oxygen atoms in total. The van der Waals surface area contributed by atoms with Gasteiger partial charge in [-0.15, -0.1) is 5.10 Å². The quantitative estimate of drug-likeness (QED) is 0.770. The standard InChI is InChI=1S/C8H6BrFN2O/c1-13-7-4-6-8(10)5(9)2-3-12(6)11-7/h2-4H,1H3. The molecule has 0 radical (unpaired) electrons. The van der Waals surface area contributed by atoms with Crippen LogP contribution in [0.3, 0.4) is 0 Å². The summed E-state index contributed by atoms with van der Waals surface area (Å²) >= 11 is 3.09. The van der Waals surface area contributed by atoms with Gasteiger partial charge in [-0.3, -0.25) is 0 Å². The van der Waals surface area contributed by atoms with Crippen LogP contribution in [0.5, 0.6) is 5.88 Å². The minimum Gasteiger partial charge on any atom is -0.480 e. The van der Waals surface area contributed by atoms with Crippen LogP contribution in [-0.2, 0) is 0 Å². The lowest BCUT2D eigenvalue weighted by Gasteiger charge is -1.95. The van der Waals surface area contributed by atoms with Crippen molar-refractivity contribution in [1.29, 1.82) is 0 Å². The molecule has 0 aliphatic rings. The van der Waals surface area contributed by atoms with Gasteiger partial charge in [-0.1, -0.05) is 0 Å². The fourth-order valence-electron chi connectivity index (χ4n) is 1.08. The van der Waals surface area contributed by atoms with Gasteiger partial charge in [0.1, 0.15) is 5.52 Å². The lowest BCUT2D eigenvalue weighted by atomic mass is 10.4. The van der Waals surface area contributed by atoms with Crippen molar-refractivity contribution in [1.82, 2.24) is 9.61 Å². The highest BCUT2D eigenvalue weighted by Crippen LogP contribution is 2.22. The van der Waals surface area contributed by atoms with Crippen LogP contribution in [0.2, 0.25) is 0 Å². The van der Waals surface area contributed by atoms with Gasteiger partial charge in [-0.2, -0.15) is 0 Å². The molecule has 13 heavy (non-hydrogen) atoms. The maximum absolute atomic E-state index is 13.4. The summed E-state index contributed by atoms with van der Waals surface area (Å²) < 4.78 is 20.1. The fourth-order valence-corrected chi connectivity index (χ4v) is 1.40. The van der Waals surface area contributed by atoms with Crippen LogP contribution in [0, 0.1) is 5.82 Å². The summed E-state index contributed by atoms with van der Waals surface area (Å²) in [7, 11) is 1.49. The Labute approximate surface area is 82.2 Å². The summed E-state index contributed by atoms with van der Waals surface area (Å²) in [5.41, 5.74) is 0.395. The largest absolute Gasteiger partial charge is 0.480 e. The molecular formula is C8H6BrFN2O. The van der Waals surface area contributed by atoms with Crippen molar-refractivity contribution in [2.45, 2.75) is 0 Å². The molecule has 0 unspecified atom stereocenters. The fraction of sp³-hybridized carbons (Fsp3) is 0.125. The Morgan fingerprint density at radius 2 is 2.38 bits per heavy atom. The van der Waals surface area contributed by atoms with E-state index in [0.29, 0.717) is 15.9 Å². The molecule has 2 rings (SSSR count). The molecule has 5 heteroatoms. The maximum Gasteiger partial charge on any atom is 0.233 e. The Bertz CT molecular complexity index is 455. The summed E-state index contributed by atoms with van der Waals surface area (Å²) in [6, 6.07) is 3.13. The molecule has 0 saturated carbocycles. The van der Waals surface area contributed by atoms with Crippen molar-refractivity contribution in [3.63, 3.8) is 0 Å². The third kappa shape index (κ3) is 1.29. The van der Waals surface area contributed by atoms with E-state index < -0.39 is 0 Å². The number of methoxy groups -OCH3 is 1. The second-order valence-electron chi connectivity index (χ2n) is 2.49. The highest BCUT2D eigenvalue weighted by molar-refractivity contribution is 9.10. The number of fused-ring (bicyclic) bond motifs is 1. The Kier molecular flexibility index (Phi) is 1.95. The average molecular weight is 245 g/mol. The molecule has 0 amide bonds. The van der Waals surface area contributed by atoms with Gasteiger partial charge >= 0.3 is 0 Å². The van der Waals surface area contributed by atoms with Gasteiger partial charge in [0, 0.05) is 12.3 Å². The number of pyridine rings is 1. The molecule has 2 aromatic rings. The second-order valence-corrected chi connectivity index (χ2v) is 3.35. The predicted molar refractivity (Wildman–Crippen MR) is 49.4 cm³/mol. The van der Waals surface area contributed by atoms with E-state index in [1.54, 1.807) is 18.3 Å². The van der Waals surface area contributed by atoms with Crippen LogP contribution >= 0.6 is 15.9 Å². The number of aromatic nitrogens is 2. The van der Waals surface area contributed by atoms with E-state index in [9.17, 15) is 4.39 Å². The van der Waals surface area contributed by atoms with E-state index in [4.69, 9.17) is 4.74 Å². The van der Waals surface area contributed by atoms with E-state index in [1.165, 1.54) is 11.6 Å². The van der Waals surface area contributed by atoms with Crippen LogP contribution in [0.25, 0.3) is 5.52 Å². The Morgan fingerprint density at radius 1 is 1.62 bits per heavy atom. The van der Waals surface area contributed by atoms with Crippen LogP contribution in [-0.4, -0.2) is 16.7 Å². The van der Waals surface area contributed by atoms with E-state index in [2.05, 4.69) is 21.0 Å². The molecule has 0 spiro atoms. The summed E-state index contributed by atoms with van der Waals surface area (Å²) in [4.78, 5) is 0. The maximum atomic E-state index is 13.4.